The number of rotatable bonds is 7. The summed E-state index contributed by atoms with van der Waals surface area (Å²) in [7, 11) is 0. The van der Waals surface area contributed by atoms with Crippen LogP contribution >= 0.6 is 27.5 Å². The first-order valence-corrected chi connectivity index (χ1v) is 12.2. The summed E-state index contributed by atoms with van der Waals surface area (Å²) in [5, 5.41) is 19.7. The normalized spacial score (nSPS) is 24.0. The standard InChI is InChI=1S/C24H18BrClN4O6/c25-17-7-12(10-27-29-23(32)20-13-1-2-14(9-13)21(20)24(29)33)8-18(30(34)35)22(17)36-11-19(31)28-16-5-3-15(26)4-6-16/h1-8,10,13-14,20-21H,9,11H2,(H,28,31)/t13-,14-,20-,21+/m0/s1. The van der Waals surface area contributed by atoms with Crippen molar-refractivity contribution in [2.24, 2.45) is 28.8 Å². The number of nitro groups is 1. The maximum Gasteiger partial charge on any atom is 0.312 e. The number of carbonyl (C=O) groups is 3. The number of nitro benzene ring substituents is 1. The van der Waals surface area contributed by atoms with E-state index in [9.17, 15) is 24.5 Å². The second-order valence-electron chi connectivity index (χ2n) is 8.68. The second-order valence-corrected chi connectivity index (χ2v) is 9.98. The van der Waals surface area contributed by atoms with Crippen molar-refractivity contribution >= 4 is 62.8 Å². The fourth-order valence-corrected chi connectivity index (χ4v) is 5.65. The Hall–Kier alpha value is -3.57. The van der Waals surface area contributed by atoms with Gasteiger partial charge in [0, 0.05) is 22.3 Å². The number of imide groups is 1. The van der Waals surface area contributed by atoms with Crippen molar-refractivity contribution in [3.63, 3.8) is 0 Å². The molecule has 3 amide bonds. The first-order valence-electron chi connectivity index (χ1n) is 11.0. The average Bonchev–Trinajstić information content (AvgIpc) is 3.52. The zero-order chi connectivity index (χ0) is 25.6. The molecule has 4 atom stereocenters. The topological polar surface area (TPSA) is 131 Å². The number of hydrogen-bond donors (Lipinski definition) is 1. The molecule has 1 N–H and O–H groups in total. The Balaban J connectivity index is 1.29. The summed E-state index contributed by atoms with van der Waals surface area (Å²) < 4.78 is 5.64. The Morgan fingerprint density at radius 1 is 1.19 bits per heavy atom. The summed E-state index contributed by atoms with van der Waals surface area (Å²) >= 11 is 9.06. The number of amides is 3. The number of nitrogens with zero attached hydrogens (tertiary/aromatic N) is 3. The van der Waals surface area contributed by atoms with Crippen molar-refractivity contribution in [1.29, 1.82) is 0 Å². The van der Waals surface area contributed by atoms with Gasteiger partial charge in [-0.2, -0.15) is 10.1 Å². The number of halogens is 2. The quantitative estimate of drug-likeness (QED) is 0.174. The molecule has 5 rings (SSSR count). The van der Waals surface area contributed by atoms with Gasteiger partial charge in [-0.05, 0) is 64.5 Å². The van der Waals surface area contributed by atoms with Crippen molar-refractivity contribution in [3.05, 3.63) is 73.7 Å². The van der Waals surface area contributed by atoms with Crippen LogP contribution in [0.15, 0.2) is 58.1 Å². The molecule has 0 spiro atoms. The largest absolute Gasteiger partial charge is 0.476 e. The summed E-state index contributed by atoms with van der Waals surface area (Å²) in [4.78, 5) is 48.8. The maximum atomic E-state index is 12.8. The zero-order valence-electron chi connectivity index (χ0n) is 18.5. The highest BCUT2D eigenvalue weighted by molar-refractivity contribution is 9.10. The Bertz CT molecular complexity index is 1310. The van der Waals surface area contributed by atoms with Gasteiger partial charge >= 0.3 is 5.69 Å². The molecular formula is C24H18BrClN4O6. The summed E-state index contributed by atoms with van der Waals surface area (Å²) in [5.74, 6) is -2.03. The first-order chi connectivity index (χ1) is 17.2. The lowest BCUT2D eigenvalue weighted by molar-refractivity contribution is -0.385. The first kappa shape index (κ1) is 24.1. The van der Waals surface area contributed by atoms with Gasteiger partial charge in [0.1, 0.15) is 0 Å². The molecule has 0 aromatic heterocycles. The van der Waals surface area contributed by atoms with E-state index in [0.29, 0.717) is 10.7 Å². The molecule has 3 aliphatic rings. The molecule has 1 saturated carbocycles. The number of carbonyl (C=O) groups excluding carboxylic acids is 3. The van der Waals surface area contributed by atoms with Crippen LogP contribution < -0.4 is 10.1 Å². The third-order valence-electron chi connectivity index (χ3n) is 6.49. The molecule has 2 aromatic carbocycles. The van der Waals surface area contributed by atoms with Gasteiger partial charge in [0.05, 0.1) is 27.4 Å². The number of allylic oxidation sites excluding steroid dienone is 2. The molecule has 2 aromatic rings. The molecule has 2 aliphatic carbocycles. The highest BCUT2D eigenvalue weighted by atomic mass is 79.9. The van der Waals surface area contributed by atoms with E-state index < -0.39 is 23.1 Å². The van der Waals surface area contributed by atoms with E-state index in [1.54, 1.807) is 24.3 Å². The average molecular weight is 574 g/mol. The molecule has 36 heavy (non-hydrogen) atoms. The van der Waals surface area contributed by atoms with Crippen LogP contribution in [0.4, 0.5) is 11.4 Å². The van der Waals surface area contributed by atoms with Gasteiger partial charge in [0.25, 0.3) is 17.7 Å². The van der Waals surface area contributed by atoms with Gasteiger partial charge in [-0.25, -0.2) is 0 Å². The van der Waals surface area contributed by atoms with Gasteiger partial charge in [-0.15, -0.1) is 0 Å². The second kappa shape index (κ2) is 9.47. The molecule has 0 unspecified atom stereocenters. The number of hydrogen-bond acceptors (Lipinski definition) is 7. The van der Waals surface area contributed by atoms with E-state index in [0.717, 1.165) is 11.4 Å². The summed E-state index contributed by atoms with van der Waals surface area (Å²) in [6.07, 6.45) is 6.00. The van der Waals surface area contributed by atoms with Gasteiger partial charge in [-0.3, -0.25) is 24.5 Å². The van der Waals surface area contributed by atoms with Crippen LogP contribution in [-0.4, -0.2) is 40.5 Å². The Morgan fingerprint density at radius 3 is 2.44 bits per heavy atom. The van der Waals surface area contributed by atoms with Crippen molar-refractivity contribution in [2.75, 3.05) is 11.9 Å². The highest BCUT2D eigenvalue weighted by Gasteiger charge is 2.59. The van der Waals surface area contributed by atoms with Crippen molar-refractivity contribution in [1.82, 2.24) is 5.01 Å². The van der Waals surface area contributed by atoms with E-state index in [-0.39, 0.29) is 51.3 Å². The number of fused-ring (bicyclic) bond motifs is 5. The number of nitrogens with one attached hydrogen (secondary N) is 1. The minimum Gasteiger partial charge on any atom is -0.476 e. The smallest absolute Gasteiger partial charge is 0.312 e. The maximum absolute atomic E-state index is 12.8. The predicted molar refractivity (Wildman–Crippen MR) is 134 cm³/mol. The van der Waals surface area contributed by atoms with Crippen LogP contribution in [0.25, 0.3) is 0 Å². The molecule has 12 heteroatoms. The van der Waals surface area contributed by atoms with Crippen LogP contribution in [0.5, 0.6) is 5.75 Å². The fourth-order valence-electron chi connectivity index (χ4n) is 4.95. The summed E-state index contributed by atoms with van der Waals surface area (Å²) in [6, 6.07) is 9.11. The molecule has 1 aliphatic heterocycles. The van der Waals surface area contributed by atoms with E-state index in [2.05, 4.69) is 26.3 Å². The predicted octanol–water partition coefficient (Wildman–Crippen LogP) is 4.17. The molecule has 184 valence electrons. The van der Waals surface area contributed by atoms with Gasteiger partial charge in [0.2, 0.25) is 5.75 Å². The third kappa shape index (κ3) is 4.40. The lowest BCUT2D eigenvalue weighted by Crippen LogP contribution is -2.28. The van der Waals surface area contributed by atoms with E-state index in [4.69, 9.17) is 16.3 Å². The van der Waals surface area contributed by atoms with E-state index in [1.165, 1.54) is 18.3 Å². The summed E-state index contributed by atoms with van der Waals surface area (Å²) in [6.45, 7) is -0.481. The van der Waals surface area contributed by atoms with Gasteiger partial charge in [-0.1, -0.05) is 23.8 Å². The van der Waals surface area contributed by atoms with Crippen LogP contribution in [0, 0.1) is 33.8 Å². The Morgan fingerprint density at radius 2 is 1.83 bits per heavy atom. The van der Waals surface area contributed by atoms with Crippen LogP contribution in [0.3, 0.4) is 0 Å². The van der Waals surface area contributed by atoms with Crippen molar-refractivity contribution in [3.8, 4) is 5.75 Å². The number of hydrazone groups is 1. The van der Waals surface area contributed by atoms with E-state index >= 15 is 0 Å². The third-order valence-corrected chi connectivity index (χ3v) is 7.33. The lowest BCUT2D eigenvalue weighted by Gasteiger charge is -2.13. The van der Waals surface area contributed by atoms with Crippen LogP contribution in [0.1, 0.15) is 12.0 Å². The molecule has 0 radical (unpaired) electrons. The fraction of sp³-hybridized carbons (Fsp3) is 0.250. The summed E-state index contributed by atoms with van der Waals surface area (Å²) in [5.41, 5.74) is 0.348. The van der Waals surface area contributed by atoms with E-state index in [1.807, 2.05) is 12.2 Å². The highest BCUT2D eigenvalue weighted by Crippen LogP contribution is 2.52. The van der Waals surface area contributed by atoms with Crippen LogP contribution in [0.2, 0.25) is 5.02 Å². The molecular weight excluding hydrogens is 556 g/mol. The number of ether oxygens (including phenoxy) is 1. The van der Waals surface area contributed by atoms with Gasteiger partial charge < -0.3 is 10.1 Å². The van der Waals surface area contributed by atoms with Gasteiger partial charge in [0.15, 0.2) is 6.61 Å². The lowest BCUT2D eigenvalue weighted by atomic mass is 9.85. The minimum atomic E-state index is -0.658. The molecule has 1 saturated heterocycles. The monoisotopic (exact) mass is 572 g/mol. The molecule has 2 fully saturated rings. The van der Waals surface area contributed by atoms with Crippen LogP contribution in [-0.2, 0) is 14.4 Å². The van der Waals surface area contributed by atoms with Crippen molar-refractivity contribution in [2.45, 2.75) is 6.42 Å². The molecule has 1 heterocycles. The Kier molecular flexibility index (Phi) is 6.35. The zero-order valence-corrected chi connectivity index (χ0v) is 20.8. The van der Waals surface area contributed by atoms with Crippen molar-refractivity contribution < 1.29 is 24.0 Å². The Labute approximate surface area is 218 Å². The molecule has 2 bridgehead atoms. The SMILES string of the molecule is O=C(COc1c(Br)cc(C=NN2C(=O)[C@@H]3[C@H](C2=O)[C@H]2C=C[C@H]3C2)cc1[N+](=O)[O-])Nc1ccc(Cl)cc1. The minimum absolute atomic E-state index is 0.0557. The molecule has 10 nitrogen and oxygen atoms in total. The number of benzene rings is 2. The number of anilines is 1.